The van der Waals surface area contributed by atoms with Gasteiger partial charge in [-0.15, -0.1) is 0 Å². The summed E-state index contributed by atoms with van der Waals surface area (Å²) in [6, 6.07) is 5.33. The Balaban J connectivity index is 2.08. The average molecular weight is 249 g/mol. The van der Waals surface area contributed by atoms with Crippen molar-refractivity contribution in [2.45, 2.75) is 19.3 Å². The maximum Gasteiger partial charge on any atom is 0.165 e. The van der Waals surface area contributed by atoms with Crippen molar-refractivity contribution in [1.29, 1.82) is 0 Å². The largest absolute Gasteiger partial charge is 0.495 e. The number of hydrogen-bond acceptors (Lipinski definition) is 4. The fourth-order valence-electron chi connectivity index (χ4n) is 2.29. The highest BCUT2D eigenvalue weighted by molar-refractivity contribution is 6.02. The van der Waals surface area contributed by atoms with Gasteiger partial charge in [0.15, 0.2) is 5.78 Å². The smallest absolute Gasteiger partial charge is 0.165 e. The highest BCUT2D eigenvalue weighted by Crippen LogP contribution is 2.28. The number of nitrogens with two attached hydrogens (primary N) is 1. The second kappa shape index (κ2) is 5.87. The van der Waals surface area contributed by atoms with Gasteiger partial charge in [0.1, 0.15) is 5.75 Å². The molecule has 0 atom stereocenters. The molecule has 4 nitrogen and oxygen atoms in total. The first-order valence-corrected chi connectivity index (χ1v) is 6.25. The summed E-state index contributed by atoms with van der Waals surface area (Å²) < 4.78 is 10.4. The number of benzene rings is 1. The Morgan fingerprint density at radius 3 is 2.83 bits per heavy atom. The first-order valence-electron chi connectivity index (χ1n) is 6.25. The molecular formula is C14H19NO3. The Kier molecular flexibility index (Phi) is 4.20. The van der Waals surface area contributed by atoms with Crippen molar-refractivity contribution in [3.05, 3.63) is 23.8 Å². The lowest BCUT2D eigenvalue weighted by Crippen LogP contribution is -2.19. The highest BCUT2D eigenvalue weighted by atomic mass is 16.5. The van der Waals surface area contributed by atoms with E-state index in [1.165, 1.54) is 0 Å². The lowest BCUT2D eigenvalue weighted by atomic mass is 9.91. The van der Waals surface area contributed by atoms with Crippen LogP contribution in [0.4, 0.5) is 5.69 Å². The minimum atomic E-state index is 0.0956. The van der Waals surface area contributed by atoms with Crippen molar-refractivity contribution in [1.82, 2.24) is 0 Å². The standard InChI is InChI=1S/C14H19NO3/c1-17-13-4-2-3-11(14(13)15)12(16)9-10-5-7-18-8-6-10/h2-4,10H,5-9,15H2,1H3. The van der Waals surface area contributed by atoms with E-state index in [0.717, 1.165) is 26.1 Å². The van der Waals surface area contributed by atoms with Crippen LogP contribution in [0.1, 0.15) is 29.6 Å². The number of Topliss-reactive ketones (excluding diaryl/α,β-unsaturated/α-hetero) is 1. The maximum atomic E-state index is 12.2. The molecule has 1 aromatic carbocycles. The van der Waals surface area contributed by atoms with Gasteiger partial charge in [-0.2, -0.15) is 0 Å². The molecular weight excluding hydrogens is 230 g/mol. The van der Waals surface area contributed by atoms with Crippen molar-refractivity contribution in [3.8, 4) is 5.75 Å². The van der Waals surface area contributed by atoms with E-state index in [4.69, 9.17) is 15.2 Å². The van der Waals surface area contributed by atoms with E-state index >= 15 is 0 Å². The van der Waals surface area contributed by atoms with Gasteiger partial charge in [-0.25, -0.2) is 0 Å². The predicted octanol–water partition coefficient (Wildman–Crippen LogP) is 2.28. The zero-order chi connectivity index (χ0) is 13.0. The normalized spacial score (nSPS) is 16.5. The minimum Gasteiger partial charge on any atom is -0.495 e. The summed E-state index contributed by atoms with van der Waals surface area (Å²) in [5.41, 5.74) is 6.94. The summed E-state index contributed by atoms with van der Waals surface area (Å²) in [5, 5.41) is 0. The molecule has 0 amide bonds. The molecule has 0 saturated carbocycles. The summed E-state index contributed by atoms with van der Waals surface area (Å²) in [4.78, 5) is 12.2. The summed E-state index contributed by atoms with van der Waals surface area (Å²) in [7, 11) is 1.55. The summed E-state index contributed by atoms with van der Waals surface area (Å²) in [6.45, 7) is 1.51. The van der Waals surface area contributed by atoms with Gasteiger partial charge in [-0.3, -0.25) is 4.79 Å². The number of anilines is 1. The summed E-state index contributed by atoms with van der Waals surface area (Å²) in [6.07, 6.45) is 2.45. The van der Waals surface area contributed by atoms with Crippen LogP contribution in [0.3, 0.4) is 0 Å². The molecule has 0 aromatic heterocycles. The topological polar surface area (TPSA) is 61.5 Å². The van der Waals surface area contributed by atoms with Crippen LogP contribution in [0, 0.1) is 5.92 Å². The number of carbonyl (C=O) groups excluding carboxylic acids is 1. The third kappa shape index (κ3) is 2.82. The van der Waals surface area contributed by atoms with E-state index in [-0.39, 0.29) is 5.78 Å². The maximum absolute atomic E-state index is 12.2. The van der Waals surface area contributed by atoms with Crippen molar-refractivity contribution in [2.24, 2.45) is 5.92 Å². The van der Waals surface area contributed by atoms with Gasteiger partial charge >= 0.3 is 0 Å². The van der Waals surface area contributed by atoms with Crippen LogP contribution in [0.2, 0.25) is 0 Å². The third-order valence-corrected chi connectivity index (χ3v) is 3.40. The zero-order valence-corrected chi connectivity index (χ0v) is 10.6. The van der Waals surface area contributed by atoms with Crippen LogP contribution in [0.5, 0.6) is 5.75 Å². The fraction of sp³-hybridized carbons (Fsp3) is 0.500. The monoisotopic (exact) mass is 249 g/mol. The molecule has 2 rings (SSSR count). The van der Waals surface area contributed by atoms with Gasteiger partial charge in [-0.05, 0) is 30.9 Å². The van der Waals surface area contributed by atoms with Crippen LogP contribution in [-0.4, -0.2) is 26.1 Å². The second-order valence-corrected chi connectivity index (χ2v) is 4.60. The molecule has 0 bridgehead atoms. The van der Waals surface area contributed by atoms with Crippen molar-refractivity contribution >= 4 is 11.5 Å². The second-order valence-electron chi connectivity index (χ2n) is 4.60. The van der Waals surface area contributed by atoms with Crippen LogP contribution in [0.15, 0.2) is 18.2 Å². The molecule has 18 heavy (non-hydrogen) atoms. The Hall–Kier alpha value is -1.55. The van der Waals surface area contributed by atoms with Gasteiger partial charge in [0.25, 0.3) is 0 Å². The summed E-state index contributed by atoms with van der Waals surface area (Å²) in [5.74, 6) is 1.07. The molecule has 4 heteroatoms. The van der Waals surface area contributed by atoms with E-state index < -0.39 is 0 Å². The Morgan fingerprint density at radius 2 is 2.17 bits per heavy atom. The van der Waals surface area contributed by atoms with Gasteiger partial charge in [0.05, 0.1) is 12.8 Å². The number of nitrogen functional groups attached to an aromatic ring is 1. The molecule has 0 spiro atoms. The molecule has 1 fully saturated rings. The molecule has 0 unspecified atom stereocenters. The number of rotatable bonds is 4. The van der Waals surface area contributed by atoms with E-state index in [1.54, 1.807) is 25.3 Å². The van der Waals surface area contributed by atoms with Gasteiger partial charge < -0.3 is 15.2 Å². The molecule has 1 saturated heterocycles. The first kappa shape index (κ1) is 12.9. The van der Waals surface area contributed by atoms with Crippen LogP contribution >= 0.6 is 0 Å². The SMILES string of the molecule is COc1cccc(C(=O)CC2CCOCC2)c1N. The highest BCUT2D eigenvalue weighted by Gasteiger charge is 2.20. The number of methoxy groups -OCH3 is 1. The molecule has 2 N–H and O–H groups in total. The lowest BCUT2D eigenvalue weighted by molar-refractivity contribution is 0.0601. The Morgan fingerprint density at radius 1 is 1.44 bits per heavy atom. The van der Waals surface area contributed by atoms with E-state index in [2.05, 4.69) is 0 Å². The molecule has 0 aliphatic carbocycles. The van der Waals surface area contributed by atoms with E-state index in [1.807, 2.05) is 0 Å². The molecule has 1 aliphatic rings. The van der Waals surface area contributed by atoms with Gasteiger partial charge in [0.2, 0.25) is 0 Å². The minimum absolute atomic E-state index is 0.0956. The number of hydrogen-bond donors (Lipinski definition) is 1. The fourth-order valence-corrected chi connectivity index (χ4v) is 2.29. The molecule has 1 heterocycles. The number of ketones is 1. The van der Waals surface area contributed by atoms with Crippen LogP contribution < -0.4 is 10.5 Å². The molecule has 0 radical (unpaired) electrons. The average Bonchev–Trinajstić information content (AvgIpc) is 2.40. The van der Waals surface area contributed by atoms with E-state index in [0.29, 0.717) is 29.3 Å². The molecule has 1 aliphatic heterocycles. The van der Waals surface area contributed by atoms with Crippen LogP contribution in [-0.2, 0) is 4.74 Å². The lowest BCUT2D eigenvalue weighted by Gasteiger charge is -2.21. The number of ether oxygens (including phenoxy) is 2. The molecule has 1 aromatic rings. The Bertz CT molecular complexity index is 425. The first-order chi connectivity index (χ1) is 8.72. The zero-order valence-electron chi connectivity index (χ0n) is 10.6. The third-order valence-electron chi connectivity index (χ3n) is 3.40. The number of carbonyl (C=O) groups is 1. The Labute approximate surface area is 107 Å². The van der Waals surface area contributed by atoms with E-state index in [9.17, 15) is 4.79 Å². The predicted molar refractivity (Wildman–Crippen MR) is 69.9 cm³/mol. The van der Waals surface area contributed by atoms with Crippen molar-refractivity contribution in [3.63, 3.8) is 0 Å². The van der Waals surface area contributed by atoms with Gasteiger partial charge in [0, 0.05) is 25.2 Å². The number of para-hydroxylation sites is 1. The van der Waals surface area contributed by atoms with Gasteiger partial charge in [-0.1, -0.05) is 6.07 Å². The van der Waals surface area contributed by atoms with Crippen molar-refractivity contribution < 1.29 is 14.3 Å². The van der Waals surface area contributed by atoms with Crippen molar-refractivity contribution in [2.75, 3.05) is 26.1 Å². The molecule has 98 valence electrons. The van der Waals surface area contributed by atoms with Crippen LogP contribution in [0.25, 0.3) is 0 Å². The summed E-state index contributed by atoms with van der Waals surface area (Å²) >= 11 is 0. The quantitative estimate of drug-likeness (QED) is 0.657.